The van der Waals surface area contributed by atoms with Gasteiger partial charge in [0, 0.05) is 11.1 Å². The van der Waals surface area contributed by atoms with Gasteiger partial charge >= 0.3 is 0 Å². The lowest BCUT2D eigenvalue weighted by Gasteiger charge is -2.29. The van der Waals surface area contributed by atoms with Gasteiger partial charge in [-0.05, 0) is 56.2 Å². The third kappa shape index (κ3) is 4.58. The number of rotatable bonds is 7. The minimum Gasteiger partial charge on any atom is -0.491 e. The maximum atomic E-state index is 14.1. The molecule has 0 bridgehead atoms. The molecular formula is C23H25F3O2. The van der Waals surface area contributed by atoms with Crippen LogP contribution in [0.3, 0.4) is 0 Å². The van der Waals surface area contributed by atoms with E-state index in [1.165, 1.54) is 18.2 Å². The van der Waals surface area contributed by atoms with Crippen LogP contribution in [0.1, 0.15) is 55.2 Å². The van der Waals surface area contributed by atoms with E-state index in [0.717, 1.165) is 31.2 Å². The highest BCUT2D eigenvalue weighted by Gasteiger charge is 2.24. The molecule has 0 saturated heterocycles. The molecule has 150 valence electrons. The molecule has 1 fully saturated rings. The van der Waals surface area contributed by atoms with Crippen molar-refractivity contribution < 1.29 is 22.6 Å². The van der Waals surface area contributed by atoms with Crippen LogP contribution in [0.4, 0.5) is 13.2 Å². The molecule has 0 aromatic heterocycles. The molecule has 5 heteroatoms. The van der Waals surface area contributed by atoms with E-state index in [1.807, 2.05) is 13.0 Å². The van der Waals surface area contributed by atoms with Gasteiger partial charge in [-0.25, -0.2) is 13.2 Å². The Morgan fingerprint density at radius 3 is 2.43 bits per heavy atom. The van der Waals surface area contributed by atoms with Gasteiger partial charge in [0.2, 0.25) is 0 Å². The number of benzene rings is 2. The van der Waals surface area contributed by atoms with Crippen molar-refractivity contribution in [3.05, 3.63) is 71.1 Å². The van der Waals surface area contributed by atoms with Crippen LogP contribution < -0.4 is 4.74 Å². The highest BCUT2D eigenvalue weighted by molar-refractivity contribution is 5.48. The normalized spacial score (nSPS) is 19.4. The first-order chi connectivity index (χ1) is 13.5. The molecule has 0 N–H and O–H groups in total. The molecule has 1 aliphatic carbocycles. The molecule has 1 saturated carbocycles. The van der Waals surface area contributed by atoms with Gasteiger partial charge in [-0.1, -0.05) is 30.9 Å². The van der Waals surface area contributed by atoms with Crippen LogP contribution in [0.15, 0.2) is 36.9 Å². The van der Waals surface area contributed by atoms with E-state index in [4.69, 9.17) is 9.47 Å². The lowest BCUT2D eigenvalue weighted by atomic mass is 9.82. The Morgan fingerprint density at radius 2 is 1.79 bits per heavy atom. The van der Waals surface area contributed by atoms with Crippen molar-refractivity contribution in [2.45, 2.75) is 51.2 Å². The second-order valence-corrected chi connectivity index (χ2v) is 7.05. The van der Waals surface area contributed by atoms with Crippen molar-refractivity contribution in [2.24, 2.45) is 0 Å². The van der Waals surface area contributed by atoms with Crippen LogP contribution in [-0.2, 0) is 11.3 Å². The van der Waals surface area contributed by atoms with Crippen LogP contribution in [-0.4, -0.2) is 12.7 Å². The molecule has 2 nitrogen and oxygen atoms in total. The number of ether oxygens (including phenoxy) is 2. The first-order valence-electron chi connectivity index (χ1n) is 9.66. The van der Waals surface area contributed by atoms with Crippen molar-refractivity contribution in [3.63, 3.8) is 0 Å². The predicted molar refractivity (Wildman–Crippen MR) is 104 cm³/mol. The average molecular weight is 390 g/mol. The zero-order chi connectivity index (χ0) is 20.1. The second-order valence-electron chi connectivity index (χ2n) is 7.05. The molecule has 0 unspecified atom stereocenters. The van der Waals surface area contributed by atoms with Crippen LogP contribution in [0, 0.1) is 17.5 Å². The average Bonchev–Trinajstić information content (AvgIpc) is 2.71. The number of hydrogen-bond donors (Lipinski definition) is 0. The van der Waals surface area contributed by atoms with E-state index in [2.05, 4.69) is 6.58 Å². The summed E-state index contributed by atoms with van der Waals surface area (Å²) in [5.41, 5.74) is 1.32. The molecule has 1 aliphatic rings. The maximum Gasteiger partial charge on any atom is 0.166 e. The summed E-state index contributed by atoms with van der Waals surface area (Å²) in [5.74, 6) is -1.56. The molecule has 0 spiro atoms. The van der Waals surface area contributed by atoms with Crippen molar-refractivity contribution in [1.82, 2.24) is 0 Å². The SMILES string of the molecule is C=Cc1ccc(COC2CCC(c3ccc(OCC)c(F)c3)CC2)c(F)c1F. The first-order valence-corrected chi connectivity index (χ1v) is 9.66. The Hall–Kier alpha value is -2.27. The molecule has 28 heavy (non-hydrogen) atoms. The van der Waals surface area contributed by atoms with Crippen molar-refractivity contribution in [2.75, 3.05) is 6.61 Å². The summed E-state index contributed by atoms with van der Waals surface area (Å²) < 4.78 is 53.0. The first kappa shape index (κ1) is 20.5. The molecular weight excluding hydrogens is 365 g/mol. The van der Waals surface area contributed by atoms with Crippen LogP contribution in [0.5, 0.6) is 5.75 Å². The fourth-order valence-electron chi connectivity index (χ4n) is 3.69. The highest BCUT2D eigenvalue weighted by Crippen LogP contribution is 2.36. The van der Waals surface area contributed by atoms with Gasteiger partial charge in [0.15, 0.2) is 23.2 Å². The van der Waals surface area contributed by atoms with Crippen LogP contribution in [0.2, 0.25) is 0 Å². The third-order valence-corrected chi connectivity index (χ3v) is 5.29. The number of hydrogen-bond acceptors (Lipinski definition) is 2. The summed E-state index contributed by atoms with van der Waals surface area (Å²) in [6.07, 6.45) is 4.61. The quantitative estimate of drug-likeness (QED) is 0.545. The topological polar surface area (TPSA) is 18.5 Å². The summed E-state index contributed by atoms with van der Waals surface area (Å²) in [6.45, 7) is 5.75. The third-order valence-electron chi connectivity index (χ3n) is 5.29. The molecule has 0 aliphatic heterocycles. The smallest absolute Gasteiger partial charge is 0.166 e. The fraction of sp³-hybridized carbons (Fsp3) is 0.391. The fourth-order valence-corrected chi connectivity index (χ4v) is 3.69. The summed E-state index contributed by atoms with van der Waals surface area (Å²) >= 11 is 0. The number of halogens is 3. The Kier molecular flexibility index (Phi) is 6.79. The Bertz CT molecular complexity index is 827. The standard InChI is InChI=1S/C23H25F3O2/c1-3-15-5-6-18(23(26)22(15)25)14-28-19-10-7-16(8-11-19)17-9-12-21(27-4-2)20(24)13-17/h3,5-6,9,12-13,16,19H,1,4,7-8,10-11,14H2,2H3. The van der Waals surface area contributed by atoms with E-state index < -0.39 is 11.6 Å². The van der Waals surface area contributed by atoms with Gasteiger partial charge in [-0.3, -0.25) is 0 Å². The summed E-state index contributed by atoms with van der Waals surface area (Å²) in [4.78, 5) is 0. The van der Waals surface area contributed by atoms with Gasteiger partial charge in [0.25, 0.3) is 0 Å². The van der Waals surface area contributed by atoms with Gasteiger partial charge in [-0.15, -0.1) is 0 Å². The van der Waals surface area contributed by atoms with Crippen molar-refractivity contribution >= 4 is 6.08 Å². The van der Waals surface area contributed by atoms with E-state index >= 15 is 0 Å². The molecule has 0 radical (unpaired) electrons. The molecule has 2 aromatic rings. The molecule has 2 aromatic carbocycles. The summed E-state index contributed by atoms with van der Waals surface area (Å²) in [7, 11) is 0. The zero-order valence-electron chi connectivity index (χ0n) is 16.0. The lowest BCUT2D eigenvalue weighted by molar-refractivity contribution is 0.0118. The minimum atomic E-state index is -0.891. The Labute approximate surface area is 164 Å². The monoisotopic (exact) mass is 390 g/mol. The Morgan fingerprint density at radius 1 is 1.04 bits per heavy atom. The molecule has 0 heterocycles. The minimum absolute atomic E-state index is 0.00895. The second kappa shape index (κ2) is 9.28. The van der Waals surface area contributed by atoms with Gasteiger partial charge < -0.3 is 9.47 Å². The summed E-state index contributed by atoms with van der Waals surface area (Å²) in [6, 6.07) is 8.18. The van der Waals surface area contributed by atoms with Crippen molar-refractivity contribution in [3.8, 4) is 5.75 Å². The lowest BCUT2D eigenvalue weighted by Crippen LogP contribution is -2.21. The van der Waals surface area contributed by atoms with Gasteiger partial charge in [0.05, 0.1) is 19.3 Å². The van der Waals surface area contributed by atoms with Crippen LogP contribution >= 0.6 is 0 Å². The van der Waals surface area contributed by atoms with Gasteiger partial charge in [0.1, 0.15) is 0 Å². The summed E-state index contributed by atoms with van der Waals surface area (Å²) in [5, 5.41) is 0. The molecule has 3 rings (SSSR count). The van der Waals surface area contributed by atoms with E-state index in [1.54, 1.807) is 12.1 Å². The van der Waals surface area contributed by atoms with E-state index in [0.29, 0.717) is 6.61 Å². The van der Waals surface area contributed by atoms with Crippen LogP contribution in [0.25, 0.3) is 6.08 Å². The largest absolute Gasteiger partial charge is 0.491 e. The van der Waals surface area contributed by atoms with E-state index in [9.17, 15) is 13.2 Å². The van der Waals surface area contributed by atoms with Gasteiger partial charge in [-0.2, -0.15) is 0 Å². The predicted octanol–water partition coefficient (Wildman–Crippen LogP) is 6.39. The van der Waals surface area contributed by atoms with E-state index in [-0.39, 0.29) is 41.3 Å². The molecule has 0 amide bonds. The zero-order valence-corrected chi connectivity index (χ0v) is 16.0. The molecule has 0 atom stereocenters. The highest BCUT2D eigenvalue weighted by atomic mass is 19.2. The Balaban J connectivity index is 1.54. The van der Waals surface area contributed by atoms with Crippen molar-refractivity contribution in [1.29, 1.82) is 0 Å². The maximum absolute atomic E-state index is 14.1.